The van der Waals surface area contributed by atoms with Crippen LogP contribution >= 0.6 is 0 Å². The van der Waals surface area contributed by atoms with Gasteiger partial charge in [0.05, 0.1) is 0 Å². The van der Waals surface area contributed by atoms with Crippen LogP contribution in [-0.2, 0) is 0 Å². The Labute approximate surface area is 114 Å². The first-order chi connectivity index (χ1) is 9.36. The average molecular weight is 257 g/mol. The van der Waals surface area contributed by atoms with E-state index in [1.807, 2.05) is 0 Å². The van der Waals surface area contributed by atoms with Crippen LogP contribution in [-0.4, -0.2) is 15.4 Å². The van der Waals surface area contributed by atoms with Crippen molar-refractivity contribution in [3.8, 4) is 0 Å². The van der Waals surface area contributed by atoms with Crippen LogP contribution in [0.1, 0.15) is 68.4 Å². The molecule has 0 aliphatic heterocycles. The number of hydrogen-bond acceptors (Lipinski definition) is 2. The maximum Gasteiger partial charge on any atom is 0.116 e. The summed E-state index contributed by atoms with van der Waals surface area (Å²) in [6.07, 6.45) is 11.0. The SMILES string of the molecule is Cc1ccc2n[nH]nc2c1C1CCCCCCCC1. The van der Waals surface area contributed by atoms with Gasteiger partial charge in [0.15, 0.2) is 0 Å². The van der Waals surface area contributed by atoms with Crippen LogP contribution in [0, 0.1) is 6.92 Å². The van der Waals surface area contributed by atoms with Crippen molar-refractivity contribution in [3.05, 3.63) is 23.3 Å². The van der Waals surface area contributed by atoms with Gasteiger partial charge in [0.2, 0.25) is 0 Å². The lowest BCUT2D eigenvalue weighted by Gasteiger charge is -2.19. The first kappa shape index (κ1) is 12.6. The second-order valence-electron chi connectivity index (χ2n) is 5.88. The molecular formula is C16H23N3. The lowest BCUT2D eigenvalue weighted by molar-refractivity contribution is 0.540. The topological polar surface area (TPSA) is 41.6 Å². The molecular weight excluding hydrogens is 234 g/mol. The third kappa shape index (κ3) is 2.65. The number of aromatic nitrogens is 3. The minimum absolute atomic E-state index is 0.673. The quantitative estimate of drug-likeness (QED) is 0.818. The van der Waals surface area contributed by atoms with Crippen molar-refractivity contribution in [3.63, 3.8) is 0 Å². The number of aromatic amines is 1. The van der Waals surface area contributed by atoms with Crippen molar-refractivity contribution >= 4 is 11.0 Å². The Bertz CT molecular complexity index is 534. The third-order valence-corrected chi connectivity index (χ3v) is 4.51. The maximum atomic E-state index is 4.40. The van der Waals surface area contributed by atoms with E-state index in [4.69, 9.17) is 0 Å². The highest BCUT2D eigenvalue weighted by molar-refractivity contribution is 5.79. The molecule has 3 rings (SSSR count). The van der Waals surface area contributed by atoms with Gasteiger partial charge in [-0.1, -0.05) is 44.6 Å². The fourth-order valence-corrected chi connectivity index (χ4v) is 3.47. The minimum atomic E-state index is 0.673. The van der Waals surface area contributed by atoms with E-state index in [1.165, 1.54) is 62.5 Å². The zero-order chi connectivity index (χ0) is 13.1. The van der Waals surface area contributed by atoms with Gasteiger partial charge in [-0.2, -0.15) is 15.4 Å². The number of hydrogen-bond donors (Lipinski definition) is 1. The lowest BCUT2D eigenvalue weighted by Crippen LogP contribution is -2.03. The predicted molar refractivity (Wildman–Crippen MR) is 78.3 cm³/mol. The summed E-state index contributed by atoms with van der Waals surface area (Å²) < 4.78 is 0. The Morgan fingerprint density at radius 1 is 0.947 bits per heavy atom. The summed E-state index contributed by atoms with van der Waals surface area (Å²) in [5, 5.41) is 11.4. The molecule has 0 unspecified atom stereocenters. The third-order valence-electron chi connectivity index (χ3n) is 4.51. The first-order valence-corrected chi connectivity index (χ1v) is 7.66. The molecule has 102 valence electrons. The van der Waals surface area contributed by atoms with Gasteiger partial charge in [-0.25, -0.2) is 0 Å². The standard InChI is InChI=1S/C16H23N3/c1-12-10-11-14-16(18-19-17-14)15(12)13-8-6-4-2-3-5-7-9-13/h10-11,13H,2-9H2,1H3,(H,17,18,19). The monoisotopic (exact) mass is 257 g/mol. The van der Waals surface area contributed by atoms with Gasteiger partial charge < -0.3 is 0 Å². The number of nitrogens with zero attached hydrogens (tertiary/aromatic N) is 2. The highest BCUT2D eigenvalue weighted by atomic mass is 15.3. The molecule has 2 aromatic rings. The summed E-state index contributed by atoms with van der Waals surface area (Å²) in [6.45, 7) is 2.22. The molecule has 1 saturated carbocycles. The zero-order valence-corrected chi connectivity index (χ0v) is 11.8. The Kier molecular flexibility index (Phi) is 3.81. The first-order valence-electron chi connectivity index (χ1n) is 7.66. The summed E-state index contributed by atoms with van der Waals surface area (Å²) >= 11 is 0. The lowest BCUT2D eigenvalue weighted by atomic mass is 9.86. The number of rotatable bonds is 1. The zero-order valence-electron chi connectivity index (χ0n) is 11.8. The van der Waals surface area contributed by atoms with E-state index >= 15 is 0 Å². The second kappa shape index (κ2) is 5.72. The fraction of sp³-hybridized carbons (Fsp3) is 0.625. The van der Waals surface area contributed by atoms with Crippen molar-refractivity contribution in [1.29, 1.82) is 0 Å². The van der Waals surface area contributed by atoms with Crippen LogP contribution in [0.4, 0.5) is 0 Å². The molecule has 3 nitrogen and oxygen atoms in total. The molecule has 0 spiro atoms. The Morgan fingerprint density at radius 3 is 2.37 bits per heavy atom. The molecule has 1 fully saturated rings. The molecule has 3 heteroatoms. The molecule has 1 aromatic carbocycles. The van der Waals surface area contributed by atoms with Crippen LogP contribution in [0.25, 0.3) is 11.0 Å². The normalized spacial score (nSPS) is 19.0. The van der Waals surface area contributed by atoms with Crippen molar-refractivity contribution in [2.45, 2.75) is 64.2 Å². The van der Waals surface area contributed by atoms with Gasteiger partial charge in [-0.15, -0.1) is 0 Å². The fourth-order valence-electron chi connectivity index (χ4n) is 3.47. The maximum absolute atomic E-state index is 4.40. The van der Waals surface area contributed by atoms with E-state index in [2.05, 4.69) is 34.5 Å². The Balaban J connectivity index is 1.96. The molecule has 0 saturated heterocycles. The van der Waals surface area contributed by atoms with E-state index in [0.717, 1.165) is 11.0 Å². The summed E-state index contributed by atoms with van der Waals surface area (Å²) in [6, 6.07) is 4.28. The Morgan fingerprint density at radius 2 is 1.63 bits per heavy atom. The minimum Gasteiger partial charge on any atom is -0.197 e. The molecule has 1 aliphatic carbocycles. The molecule has 1 aliphatic rings. The molecule has 0 bridgehead atoms. The van der Waals surface area contributed by atoms with E-state index in [1.54, 1.807) is 0 Å². The van der Waals surface area contributed by atoms with Crippen molar-refractivity contribution in [1.82, 2.24) is 15.4 Å². The van der Waals surface area contributed by atoms with Crippen molar-refractivity contribution in [2.75, 3.05) is 0 Å². The highest BCUT2D eigenvalue weighted by Gasteiger charge is 2.19. The smallest absolute Gasteiger partial charge is 0.116 e. The van der Waals surface area contributed by atoms with Crippen LogP contribution < -0.4 is 0 Å². The van der Waals surface area contributed by atoms with E-state index < -0.39 is 0 Å². The van der Waals surface area contributed by atoms with E-state index in [9.17, 15) is 0 Å². The van der Waals surface area contributed by atoms with Gasteiger partial charge in [0.1, 0.15) is 11.0 Å². The summed E-state index contributed by atoms with van der Waals surface area (Å²) in [5.41, 5.74) is 4.95. The Hall–Kier alpha value is -1.38. The van der Waals surface area contributed by atoms with Gasteiger partial charge in [-0.05, 0) is 42.9 Å². The number of benzene rings is 1. The number of aryl methyl sites for hydroxylation is 1. The summed E-state index contributed by atoms with van der Waals surface area (Å²) in [7, 11) is 0. The number of nitrogens with one attached hydrogen (secondary N) is 1. The van der Waals surface area contributed by atoms with Gasteiger partial charge in [0.25, 0.3) is 0 Å². The number of H-pyrrole nitrogens is 1. The molecule has 1 heterocycles. The molecule has 0 amide bonds. The largest absolute Gasteiger partial charge is 0.197 e. The summed E-state index contributed by atoms with van der Waals surface area (Å²) in [4.78, 5) is 0. The van der Waals surface area contributed by atoms with Gasteiger partial charge in [-0.3, -0.25) is 0 Å². The van der Waals surface area contributed by atoms with Gasteiger partial charge in [0, 0.05) is 0 Å². The second-order valence-corrected chi connectivity index (χ2v) is 5.88. The summed E-state index contributed by atoms with van der Waals surface area (Å²) in [5.74, 6) is 0.673. The average Bonchev–Trinajstić information content (AvgIpc) is 2.91. The number of fused-ring (bicyclic) bond motifs is 1. The van der Waals surface area contributed by atoms with Crippen molar-refractivity contribution in [2.24, 2.45) is 0 Å². The van der Waals surface area contributed by atoms with Crippen LogP contribution in [0.15, 0.2) is 12.1 Å². The highest BCUT2D eigenvalue weighted by Crippen LogP contribution is 2.35. The molecule has 0 atom stereocenters. The molecule has 1 aromatic heterocycles. The van der Waals surface area contributed by atoms with Crippen LogP contribution in [0.5, 0.6) is 0 Å². The van der Waals surface area contributed by atoms with Crippen molar-refractivity contribution < 1.29 is 0 Å². The predicted octanol–water partition coefficient (Wildman–Crippen LogP) is 4.48. The van der Waals surface area contributed by atoms with E-state index in [-0.39, 0.29) is 0 Å². The van der Waals surface area contributed by atoms with Gasteiger partial charge >= 0.3 is 0 Å². The van der Waals surface area contributed by atoms with E-state index in [0.29, 0.717) is 5.92 Å². The molecule has 19 heavy (non-hydrogen) atoms. The van der Waals surface area contributed by atoms with Crippen LogP contribution in [0.3, 0.4) is 0 Å². The molecule has 1 N–H and O–H groups in total. The molecule has 0 radical (unpaired) electrons. The van der Waals surface area contributed by atoms with Crippen LogP contribution in [0.2, 0.25) is 0 Å².